The van der Waals surface area contributed by atoms with Crippen LogP contribution < -0.4 is 4.74 Å². The molecule has 0 radical (unpaired) electrons. The molecule has 0 saturated heterocycles. The summed E-state index contributed by atoms with van der Waals surface area (Å²) in [6.45, 7) is 2.82. The van der Waals surface area contributed by atoms with Crippen molar-refractivity contribution in [3.8, 4) is 5.75 Å². The third kappa shape index (κ3) is 3.79. The molecule has 0 bridgehead atoms. The van der Waals surface area contributed by atoms with Crippen molar-refractivity contribution in [2.24, 2.45) is 0 Å². The lowest BCUT2D eigenvalue weighted by molar-refractivity contribution is 0.193. The van der Waals surface area contributed by atoms with Crippen LogP contribution in [0.3, 0.4) is 0 Å². The lowest BCUT2D eigenvalue weighted by atomic mass is 10.1. The summed E-state index contributed by atoms with van der Waals surface area (Å²) in [6, 6.07) is 4.52. The van der Waals surface area contributed by atoms with Crippen LogP contribution in [-0.4, -0.2) is 37.3 Å². The van der Waals surface area contributed by atoms with Crippen molar-refractivity contribution in [3.05, 3.63) is 29.6 Å². The molecule has 1 N–H and O–H groups in total. The molecule has 1 rings (SSSR count). The summed E-state index contributed by atoms with van der Waals surface area (Å²) >= 11 is 0. The molecule has 16 heavy (non-hydrogen) atoms. The third-order valence-corrected chi connectivity index (χ3v) is 2.23. The Morgan fingerprint density at radius 3 is 2.62 bits per heavy atom. The van der Waals surface area contributed by atoms with E-state index in [4.69, 9.17) is 4.74 Å². The van der Waals surface area contributed by atoms with Crippen molar-refractivity contribution in [1.29, 1.82) is 0 Å². The Hall–Kier alpha value is -1.13. The maximum absolute atomic E-state index is 13.4. The van der Waals surface area contributed by atoms with Crippen LogP contribution in [0.4, 0.5) is 4.39 Å². The van der Waals surface area contributed by atoms with Crippen LogP contribution in [-0.2, 0) is 0 Å². The first-order chi connectivity index (χ1) is 7.50. The number of likely N-dealkylation sites (N-methyl/N-ethyl adjacent to an activating group) is 1. The quantitative estimate of drug-likeness (QED) is 0.832. The second-order valence-corrected chi connectivity index (χ2v) is 4.01. The van der Waals surface area contributed by atoms with Crippen LogP contribution in [0.2, 0.25) is 0 Å². The molecule has 0 heterocycles. The van der Waals surface area contributed by atoms with Crippen molar-refractivity contribution in [2.75, 3.05) is 27.2 Å². The first-order valence-corrected chi connectivity index (χ1v) is 5.25. The minimum Gasteiger partial charge on any atom is -0.492 e. The zero-order valence-corrected chi connectivity index (χ0v) is 9.90. The van der Waals surface area contributed by atoms with E-state index in [1.165, 1.54) is 13.0 Å². The third-order valence-electron chi connectivity index (χ3n) is 2.23. The number of halogens is 1. The van der Waals surface area contributed by atoms with E-state index < -0.39 is 11.9 Å². The molecule has 1 aromatic carbocycles. The highest BCUT2D eigenvalue weighted by molar-refractivity contribution is 5.29. The Balaban J connectivity index is 2.59. The summed E-state index contributed by atoms with van der Waals surface area (Å²) in [7, 11) is 3.89. The maximum atomic E-state index is 13.4. The van der Waals surface area contributed by atoms with E-state index in [0.717, 1.165) is 6.54 Å². The average Bonchev–Trinajstić information content (AvgIpc) is 2.16. The van der Waals surface area contributed by atoms with Crippen LogP contribution in [0, 0.1) is 5.82 Å². The SMILES string of the molecule is C[C@@H](O)c1ccc(OCCN(C)C)cc1F. The van der Waals surface area contributed by atoms with Crippen molar-refractivity contribution >= 4 is 0 Å². The molecule has 1 aromatic rings. The molecule has 0 unspecified atom stereocenters. The molecular weight excluding hydrogens is 209 g/mol. The molecule has 4 heteroatoms. The molecule has 0 aliphatic heterocycles. The van der Waals surface area contributed by atoms with Gasteiger partial charge in [-0.3, -0.25) is 0 Å². The van der Waals surface area contributed by atoms with Gasteiger partial charge in [0.15, 0.2) is 0 Å². The number of aliphatic hydroxyl groups excluding tert-OH is 1. The summed E-state index contributed by atoms with van der Waals surface area (Å²) in [5.41, 5.74) is 0.292. The molecule has 0 saturated carbocycles. The molecule has 0 aromatic heterocycles. The van der Waals surface area contributed by atoms with Crippen molar-refractivity contribution in [2.45, 2.75) is 13.0 Å². The summed E-state index contributed by atoms with van der Waals surface area (Å²) in [5, 5.41) is 9.26. The minimum atomic E-state index is -0.796. The van der Waals surface area contributed by atoms with Crippen LogP contribution in [0.25, 0.3) is 0 Å². The number of hydrogen-bond donors (Lipinski definition) is 1. The Morgan fingerprint density at radius 2 is 2.12 bits per heavy atom. The fraction of sp³-hybridized carbons (Fsp3) is 0.500. The van der Waals surface area contributed by atoms with Gasteiger partial charge in [0.05, 0.1) is 6.10 Å². The fourth-order valence-corrected chi connectivity index (χ4v) is 1.28. The van der Waals surface area contributed by atoms with E-state index in [0.29, 0.717) is 17.9 Å². The van der Waals surface area contributed by atoms with Gasteiger partial charge in [0.25, 0.3) is 0 Å². The van der Waals surface area contributed by atoms with E-state index in [1.807, 2.05) is 19.0 Å². The minimum absolute atomic E-state index is 0.292. The monoisotopic (exact) mass is 227 g/mol. The fourth-order valence-electron chi connectivity index (χ4n) is 1.28. The number of ether oxygens (including phenoxy) is 1. The molecule has 1 atom stereocenters. The highest BCUT2D eigenvalue weighted by Crippen LogP contribution is 2.21. The largest absolute Gasteiger partial charge is 0.492 e. The number of hydrogen-bond acceptors (Lipinski definition) is 3. The summed E-state index contributed by atoms with van der Waals surface area (Å²) < 4.78 is 18.8. The lowest BCUT2D eigenvalue weighted by Crippen LogP contribution is -2.19. The molecule has 0 spiro atoms. The number of rotatable bonds is 5. The van der Waals surface area contributed by atoms with E-state index in [2.05, 4.69) is 0 Å². The number of nitrogens with zero attached hydrogens (tertiary/aromatic N) is 1. The van der Waals surface area contributed by atoms with Crippen LogP contribution in [0.15, 0.2) is 18.2 Å². The zero-order chi connectivity index (χ0) is 12.1. The highest BCUT2D eigenvalue weighted by atomic mass is 19.1. The van der Waals surface area contributed by atoms with Gasteiger partial charge < -0.3 is 14.7 Å². The van der Waals surface area contributed by atoms with Gasteiger partial charge in [-0.2, -0.15) is 0 Å². The van der Waals surface area contributed by atoms with Crippen LogP contribution >= 0.6 is 0 Å². The van der Waals surface area contributed by atoms with Gasteiger partial charge in [0, 0.05) is 18.2 Å². The molecular formula is C12H18FNO2. The van der Waals surface area contributed by atoms with E-state index in [-0.39, 0.29) is 0 Å². The maximum Gasteiger partial charge on any atom is 0.132 e. The topological polar surface area (TPSA) is 32.7 Å². The lowest BCUT2D eigenvalue weighted by Gasteiger charge is -2.12. The Kier molecular flexibility index (Phi) is 4.71. The number of benzene rings is 1. The smallest absolute Gasteiger partial charge is 0.132 e. The summed E-state index contributed by atoms with van der Waals surface area (Å²) in [5.74, 6) is 0.0566. The first kappa shape index (κ1) is 12.9. The molecule has 0 amide bonds. The van der Waals surface area contributed by atoms with Crippen molar-refractivity contribution < 1.29 is 14.2 Å². The van der Waals surface area contributed by atoms with Gasteiger partial charge in [-0.05, 0) is 33.2 Å². The number of aliphatic hydroxyl groups is 1. The standard InChI is InChI=1S/C12H18FNO2/c1-9(15)11-5-4-10(8-12(11)13)16-7-6-14(2)3/h4-5,8-9,15H,6-7H2,1-3H3/t9-/m1/s1. The highest BCUT2D eigenvalue weighted by Gasteiger charge is 2.08. The van der Waals surface area contributed by atoms with Gasteiger partial charge in [-0.25, -0.2) is 4.39 Å². The van der Waals surface area contributed by atoms with Crippen LogP contribution in [0.5, 0.6) is 5.75 Å². The zero-order valence-electron chi connectivity index (χ0n) is 9.90. The van der Waals surface area contributed by atoms with E-state index >= 15 is 0 Å². The van der Waals surface area contributed by atoms with Gasteiger partial charge in [0.2, 0.25) is 0 Å². The van der Waals surface area contributed by atoms with Gasteiger partial charge in [-0.15, -0.1) is 0 Å². The van der Waals surface area contributed by atoms with Gasteiger partial charge >= 0.3 is 0 Å². The molecule has 0 aliphatic rings. The summed E-state index contributed by atoms with van der Waals surface area (Å²) in [6.07, 6.45) is -0.796. The van der Waals surface area contributed by atoms with Gasteiger partial charge in [0.1, 0.15) is 18.2 Å². The molecule has 0 aliphatic carbocycles. The van der Waals surface area contributed by atoms with Crippen LogP contribution in [0.1, 0.15) is 18.6 Å². The Bertz CT molecular complexity index is 340. The van der Waals surface area contributed by atoms with Gasteiger partial charge in [-0.1, -0.05) is 0 Å². The molecule has 3 nitrogen and oxygen atoms in total. The van der Waals surface area contributed by atoms with E-state index in [1.54, 1.807) is 12.1 Å². The second-order valence-electron chi connectivity index (χ2n) is 4.01. The molecule has 90 valence electrons. The Labute approximate surface area is 95.5 Å². The second kappa shape index (κ2) is 5.82. The van der Waals surface area contributed by atoms with Crippen molar-refractivity contribution in [1.82, 2.24) is 4.90 Å². The predicted octanol–water partition coefficient (Wildman–Crippen LogP) is 1.82. The predicted molar refractivity (Wildman–Crippen MR) is 61.1 cm³/mol. The normalized spacial score (nSPS) is 12.9. The Morgan fingerprint density at radius 1 is 1.44 bits per heavy atom. The van der Waals surface area contributed by atoms with Crippen molar-refractivity contribution in [3.63, 3.8) is 0 Å². The van der Waals surface area contributed by atoms with E-state index in [9.17, 15) is 9.50 Å². The summed E-state index contributed by atoms with van der Waals surface area (Å²) in [4.78, 5) is 1.99. The first-order valence-electron chi connectivity index (χ1n) is 5.25. The average molecular weight is 227 g/mol. The molecule has 0 fully saturated rings.